The lowest BCUT2D eigenvalue weighted by molar-refractivity contribution is -0.125. The summed E-state index contributed by atoms with van der Waals surface area (Å²) in [6.45, 7) is 2.62. The zero-order valence-electron chi connectivity index (χ0n) is 16.8. The van der Waals surface area contributed by atoms with E-state index >= 15 is 0 Å². The maximum atomic E-state index is 12.4. The molecule has 0 aromatic carbocycles. The molecule has 4 heterocycles. The number of hydrogen-bond donors (Lipinski definition) is 1. The minimum Gasteiger partial charge on any atom is -0.383 e. The molecule has 3 aromatic rings. The molecule has 30 heavy (non-hydrogen) atoms. The zero-order valence-corrected chi connectivity index (χ0v) is 17.6. The Morgan fingerprint density at radius 1 is 1.27 bits per heavy atom. The second-order valence-corrected chi connectivity index (χ2v) is 7.73. The molecule has 0 spiro atoms. The van der Waals surface area contributed by atoms with Crippen LogP contribution in [0.5, 0.6) is 0 Å². The summed E-state index contributed by atoms with van der Waals surface area (Å²) in [5, 5.41) is 5.45. The van der Waals surface area contributed by atoms with Crippen LogP contribution in [0.15, 0.2) is 42.9 Å². The van der Waals surface area contributed by atoms with Gasteiger partial charge >= 0.3 is 0 Å². The summed E-state index contributed by atoms with van der Waals surface area (Å²) in [5.41, 5.74) is 1.74. The van der Waals surface area contributed by atoms with Crippen molar-refractivity contribution in [1.29, 1.82) is 0 Å². The number of halogens is 1. The number of anilines is 1. The number of hydrogen-bond acceptors (Lipinski definition) is 6. The van der Waals surface area contributed by atoms with Crippen LogP contribution in [0.25, 0.3) is 22.0 Å². The zero-order chi connectivity index (χ0) is 20.9. The van der Waals surface area contributed by atoms with Crippen LogP contribution in [0.1, 0.15) is 12.8 Å². The highest BCUT2D eigenvalue weighted by Crippen LogP contribution is 2.32. The highest BCUT2D eigenvalue weighted by atomic mass is 35.5. The van der Waals surface area contributed by atoms with Crippen molar-refractivity contribution in [2.75, 3.05) is 38.3 Å². The third-order valence-electron chi connectivity index (χ3n) is 5.40. The number of pyridine rings is 3. The molecule has 1 N–H and O–H groups in total. The quantitative estimate of drug-likeness (QED) is 0.482. The van der Waals surface area contributed by atoms with Crippen molar-refractivity contribution < 1.29 is 9.53 Å². The average Bonchev–Trinajstić information content (AvgIpc) is 2.78. The molecule has 1 fully saturated rings. The molecule has 7 nitrogen and oxygen atoms in total. The molecule has 0 aliphatic carbocycles. The van der Waals surface area contributed by atoms with E-state index in [4.69, 9.17) is 21.3 Å². The molecule has 1 amide bonds. The molecule has 1 saturated heterocycles. The van der Waals surface area contributed by atoms with Crippen molar-refractivity contribution in [1.82, 2.24) is 20.3 Å². The molecule has 0 atom stereocenters. The van der Waals surface area contributed by atoms with Gasteiger partial charge in [0.25, 0.3) is 0 Å². The number of amides is 1. The highest BCUT2D eigenvalue weighted by molar-refractivity contribution is 6.29. The van der Waals surface area contributed by atoms with Gasteiger partial charge in [0.05, 0.1) is 12.3 Å². The van der Waals surface area contributed by atoms with Crippen LogP contribution in [0.3, 0.4) is 0 Å². The van der Waals surface area contributed by atoms with Crippen LogP contribution in [0, 0.1) is 5.92 Å². The standard InChI is InChI=1S/C22H24ClN5O2/c1-30-11-8-26-22(29)15-4-9-28(10-5-15)21-18-3-6-24-14-17(18)12-19(27-21)16-2-7-25-20(23)13-16/h2-3,6-7,12-15H,4-5,8-11H2,1H3,(H,26,29). The number of aromatic nitrogens is 3. The van der Waals surface area contributed by atoms with E-state index in [0.29, 0.717) is 18.3 Å². The van der Waals surface area contributed by atoms with Crippen molar-refractivity contribution in [2.45, 2.75) is 12.8 Å². The predicted octanol–water partition coefficient (Wildman–Crippen LogP) is 3.32. The fraction of sp³-hybridized carbons (Fsp3) is 0.364. The van der Waals surface area contributed by atoms with Gasteiger partial charge in [-0.25, -0.2) is 9.97 Å². The van der Waals surface area contributed by atoms with Crippen LogP contribution in [-0.4, -0.2) is 54.2 Å². The summed E-state index contributed by atoms with van der Waals surface area (Å²) >= 11 is 6.09. The number of piperidine rings is 1. The Kier molecular flexibility index (Phi) is 6.40. The Labute approximate surface area is 180 Å². The maximum Gasteiger partial charge on any atom is 0.223 e. The summed E-state index contributed by atoms with van der Waals surface area (Å²) in [4.78, 5) is 27.9. The van der Waals surface area contributed by atoms with Crippen molar-refractivity contribution >= 4 is 34.1 Å². The highest BCUT2D eigenvalue weighted by Gasteiger charge is 2.26. The van der Waals surface area contributed by atoms with E-state index in [0.717, 1.165) is 53.8 Å². The number of fused-ring (bicyclic) bond motifs is 1. The monoisotopic (exact) mass is 425 g/mol. The summed E-state index contributed by atoms with van der Waals surface area (Å²) < 4.78 is 5.00. The van der Waals surface area contributed by atoms with Gasteiger partial charge < -0.3 is 15.0 Å². The number of methoxy groups -OCH3 is 1. The first-order chi connectivity index (χ1) is 14.7. The summed E-state index contributed by atoms with van der Waals surface area (Å²) in [5.74, 6) is 1.04. The van der Waals surface area contributed by atoms with E-state index in [9.17, 15) is 4.79 Å². The van der Waals surface area contributed by atoms with Gasteiger partial charge in [0.2, 0.25) is 5.91 Å². The second-order valence-electron chi connectivity index (χ2n) is 7.34. The third-order valence-corrected chi connectivity index (χ3v) is 5.61. The fourth-order valence-corrected chi connectivity index (χ4v) is 3.98. The topological polar surface area (TPSA) is 80.2 Å². The van der Waals surface area contributed by atoms with Crippen molar-refractivity contribution in [3.63, 3.8) is 0 Å². The minimum atomic E-state index is 0.0215. The molecule has 8 heteroatoms. The van der Waals surface area contributed by atoms with Gasteiger partial charge in [0, 0.05) is 67.6 Å². The molecule has 1 aliphatic heterocycles. The Balaban J connectivity index is 1.57. The third kappa shape index (κ3) is 4.52. The van der Waals surface area contributed by atoms with Gasteiger partial charge in [-0.3, -0.25) is 9.78 Å². The summed E-state index contributed by atoms with van der Waals surface area (Å²) in [7, 11) is 1.63. The number of ether oxygens (including phenoxy) is 1. The number of carbonyl (C=O) groups excluding carboxylic acids is 1. The predicted molar refractivity (Wildman–Crippen MR) is 118 cm³/mol. The molecule has 156 valence electrons. The van der Waals surface area contributed by atoms with Gasteiger partial charge in [-0.2, -0.15) is 0 Å². The molecule has 0 unspecified atom stereocenters. The molecule has 4 rings (SSSR count). The lowest BCUT2D eigenvalue weighted by Crippen LogP contribution is -2.41. The minimum absolute atomic E-state index is 0.0215. The lowest BCUT2D eigenvalue weighted by Gasteiger charge is -2.33. The SMILES string of the molecule is COCCNC(=O)C1CCN(c2nc(-c3ccnc(Cl)c3)cc3cnccc23)CC1. The van der Waals surface area contributed by atoms with Gasteiger partial charge in [-0.1, -0.05) is 11.6 Å². The number of carbonyl (C=O) groups is 1. The first-order valence-corrected chi connectivity index (χ1v) is 10.4. The molecule has 0 radical (unpaired) electrons. The Morgan fingerprint density at radius 3 is 2.87 bits per heavy atom. The van der Waals surface area contributed by atoms with Gasteiger partial charge in [-0.15, -0.1) is 0 Å². The van der Waals surface area contributed by atoms with Crippen molar-refractivity contribution in [3.8, 4) is 11.3 Å². The van der Waals surface area contributed by atoms with Crippen LogP contribution in [-0.2, 0) is 9.53 Å². The second kappa shape index (κ2) is 9.36. The normalized spacial score (nSPS) is 14.8. The van der Waals surface area contributed by atoms with Crippen molar-refractivity contribution in [3.05, 3.63) is 48.0 Å². The van der Waals surface area contributed by atoms with Crippen LogP contribution >= 0.6 is 11.6 Å². The van der Waals surface area contributed by atoms with Gasteiger partial charge in [0.1, 0.15) is 11.0 Å². The summed E-state index contributed by atoms with van der Waals surface area (Å²) in [6, 6.07) is 7.72. The molecule has 3 aromatic heterocycles. The first kappa shape index (κ1) is 20.5. The Bertz CT molecular complexity index is 1040. The maximum absolute atomic E-state index is 12.4. The van der Waals surface area contributed by atoms with Crippen LogP contribution < -0.4 is 10.2 Å². The van der Waals surface area contributed by atoms with Crippen LogP contribution in [0.4, 0.5) is 5.82 Å². The Morgan fingerprint density at radius 2 is 2.10 bits per heavy atom. The van der Waals surface area contributed by atoms with E-state index in [1.54, 1.807) is 19.5 Å². The van der Waals surface area contributed by atoms with Crippen molar-refractivity contribution in [2.24, 2.45) is 5.92 Å². The molecular weight excluding hydrogens is 402 g/mol. The number of rotatable bonds is 6. The molecule has 1 aliphatic rings. The van der Waals surface area contributed by atoms with Crippen LogP contribution in [0.2, 0.25) is 5.15 Å². The largest absolute Gasteiger partial charge is 0.383 e. The molecular formula is C22H24ClN5O2. The lowest BCUT2D eigenvalue weighted by atomic mass is 9.95. The van der Waals surface area contributed by atoms with E-state index in [2.05, 4.69) is 20.2 Å². The average molecular weight is 426 g/mol. The first-order valence-electron chi connectivity index (χ1n) is 10.0. The molecule has 0 saturated carbocycles. The fourth-order valence-electron chi connectivity index (χ4n) is 3.80. The van der Waals surface area contributed by atoms with E-state index in [-0.39, 0.29) is 11.8 Å². The number of nitrogens with zero attached hydrogens (tertiary/aromatic N) is 4. The molecule has 0 bridgehead atoms. The smallest absolute Gasteiger partial charge is 0.223 e. The van der Waals surface area contributed by atoms with E-state index in [1.807, 2.05) is 30.5 Å². The number of nitrogens with one attached hydrogen (secondary N) is 1. The van der Waals surface area contributed by atoms with E-state index < -0.39 is 0 Å². The van der Waals surface area contributed by atoms with Gasteiger partial charge in [-0.05, 0) is 37.1 Å². The van der Waals surface area contributed by atoms with E-state index in [1.165, 1.54) is 0 Å². The van der Waals surface area contributed by atoms with Gasteiger partial charge in [0.15, 0.2) is 0 Å². The summed E-state index contributed by atoms with van der Waals surface area (Å²) in [6.07, 6.45) is 6.90. The Hall–Kier alpha value is -2.77.